The SMILES string of the molecule is c1ccc(-c2nc3n(n2)C[C@@]2(CN4CCC2CC4)O3)cc1.c1ccc(-c2nc3n(n2)C[C@]2(CN4CCC2CC4)O3)cc1. The molecule has 2 aromatic heterocycles. The quantitative estimate of drug-likeness (QED) is 0.365. The zero-order valence-electron chi connectivity index (χ0n) is 23.8. The topological polar surface area (TPSA) is 86.4 Å². The monoisotopic (exact) mass is 564 g/mol. The molecule has 8 aliphatic heterocycles. The van der Waals surface area contributed by atoms with Crippen molar-refractivity contribution in [2.45, 2.75) is 50.0 Å². The molecule has 0 radical (unpaired) electrons. The lowest BCUT2D eigenvalue weighted by Crippen LogP contribution is -2.61. The van der Waals surface area contributed by atoms with Gasteiger partial charge in [-0.05, 0) is 51.9 Å². The van der Waals surface area contributed by atoms with E-state index in [9.17, 15) is 0 Å². The lowest BCUT2D eigenvalue weighted by atomic mass is 9.75. The first-order valence-electron chi connectivity index (χ1n) is 15.5. The molecule has 8 aliphatic rings. The number of piperidine rings is 6. The Bertz CT molecular complexity index is 1420. The van der Waals surface area contributed by atoms with Gasteiger partial charge in [0.05, 0.1) is 13.1 Å². The lowest BCUT2D eigenvalue weighted by molar-refractivity contribution is -0.0839. The summed E-state index contributed by atoms with van der Waals surface area (Å²) in [5, 5.41) is 9.31. The summed E-state index contributed by atoms with van der Waals surface area (Å²) in [4.78, 5) is 14.2. The van der Waals surface area contributed by atoms with Gasteiger partial charge in [0, 0.05) is 36.1 Å². The van der Waals surface area contributed by atoms with Gasteiger partial charge >= 0.3 is 12.0 Å². The standard InChI is InChI=1S/2C16H18N4O/c2*1-2-4-12(5-3-1)14-17-15-20(18-14)11-16(21-15)10-19-8-6-13(16)7-9-19/h2*1-5,13H,6-11H2/t2*16-/m10/s1. The molecule has 2 aromatic carbocycles. The van der Waals surface area contributed by atoms with Crippen LogP contribution in [0.15, 0.2) is 60.7 Å². The summed E-state index contributed by atoms with van der Waals surface area (Å²) in [5.74, 6) is 2.85. The summed E-state index contributed by atoms with van der Waals surface area (Å²) in [6, 6.07) is 21.6. The maximum atomic E-state index is 6.32. The van der Waals surface area contributed by atoms with Crippen molar-refractivity contribution in [3.63, 3.8) is 0 Å². The summed E-state index contributed by atoms with van der Waals surface area (Å²) >= 11 is 0. The fourth-order valence-corrected chi connectivity index (χ4v) is 8.21. The third-order valence-corrected chi connectivity index (χ3v) is 10.4. The van der Waals surface area contributed by atoms with E-state index in [-0.39, 0.29) is 11.2 Å². The predicted molar refractivity (Wildman–Crippen MR) is 156 cm³/mol. The Balaban J connectivity index is 0.000000119. The molecule has 4 aromatic rings. The van der Waals surface area contributed by atoms with Gasteiger partial charge in [0.2, 0.25) is 0 Å². The molecule has 0 unspecified atom stereocenters. The van der Waals surface area contributed by atoms with Gasteiger partial charge in [-0.15, -0.1) is 10.2 Å². The van der Waals surface area contributed by atoms with Crippen LogP contribution in [0.1, 0.15) is 25.7 Å². The fourth-order valence-electron chi connectivity index (χ4n) is 8.21. The van der Waals surface area contributed by atoms with Crippen LogP contribution in [-0.2, 0) is 13.1 Å². The maximum Gasteiger partial charge on any atom is 0.316 e. The van der Waals surface area contributed by atoms with Crippen molar-refractivity contribution in [2.24, 2.45) is 11.8 Å². The summed E-state index contributed by atoms with van der Waals surface area (Å²) in [5.41, 5.74) is 1.96. The third-order valence-electron chi connectivity index (χ3n) is 10.4. The molecule has 12 rings (SSSR count). The molecule has 6 fully saturated rings. The van der Waals surface area contributed by atoms with Crippen molar-refractivity contribution < 1.29 is 9.47 Å². The molecular formula is C32H36N8O2. The third kappa shape index (κ3) is 3.99. The van der Waals surface area contributed by atoms with Gasteiger partial charge in [0.1, 0.15) is 11.2 Å². The minimum absolute atomic E-state index is 0.0684. The molecule has 2 spiro atoms. The highest BCUT2D eigenvalue weighted by Crippen LogP contribution is 2.45. The highest BCUT2D eigenvalue weighted by Gasteiger charge is 2.54. The second-order valence-corrected chi connectivity index (χ2v) is 12.9. The van der Waals surface area contributed by atoms with Crippen molar-refractivity contribution in [1.29, 1.82) is 0 Å². The minimum atomic E-state index is -0.0684. The van der Waals surface area contributed by atoms with Gasteiger partial charge in [0.25, 0.3) is 0 Å². The van der Waals surface area contributed by atoms with E-state index in [1.165, 1.54) is 51.9 Å². The molecular weight excluding hydrogens is 528 g/mol. The zero-order chi connectivity index (χ0) is 27.7. The normalized spacial score (nSPS) is 33.1. The minimum Gasteiger partial charge on any atom is -0.453 e. The smallest absolute Gasteiger partial charge is 0.316 e. The molecule has 216 valence electrons. The van der Waals surface area contributed by atoms with Gasteiger partial charge in [-0.1, -0.05) is 60.7 Å². The van der Waals surface area contributed by atoms with Crippen molar-refractivity contribution in [3.8, 4) is 34.8 Å². The Kier molecular flexibility index (Phi) is 5.53. The molecule has 10 heteroatoms. The summed E-state index contributed by atoms with van der Waals surface area (Å²) < 4.78 is 16.6. The van der Waals surface area contributed by atoms with Crippen LogP contribution in [0.25, 0.3) is 22.8 Å². The molecule has 0 aliphatic carbocycles. The van der Waals surface area contributed by atoms with E-state index in [1.54, 1.807) is 0 Å². The van der Waals surface area contributed by atoms with Crippen LogP contribution in [0.4, 0.5) is 0 Å². The number of nitrogens with zero attached hydrogens (tertiary/aromatic N) is 8. The van der Waals surface area contributed by atoms with Crippen LogP contribution in [0.2, 0.25) is 0 Å². The Hall–Kier alpha value is -3.76. The first-order chi connectivity index (χ1) is 20.6. The molecule has 0 amide bonds. The van der Waals surface area contributed by atoms with Crippen LogP contribution < -0.4 is 9.47 Å². The number of hydrogen-bond acceptors (Lipinski definition) is 8. The summed E-state index contributed by atoms with van der Waals surface area (Å²) in [7, 11) is 0. The van der Waals surface area contributed by atoms with Crippen LogP contribution in [0.3, 0.4) is 0 Å². The van der Waals surface area contributed by atoms with Crippen LogP contribution in [0, 0.1) is 11.8 Å². The highest BCUT2D eigenvalue weighted by molar-refractivity contribution is 5.55. The lowest BCUT2D eigenvalue weighted by Gasteiger charge is -2.49. The van der Waals surface area contributed by atoms with E-state index in [1.807, 2.05) is 70.0 Å². The molecule has 10 heterocycles. The van der Waals surface area contributed by atoms with E-state index in [0.717, 1.165) is 49.0 Å². The Morgan fingerprint density at radius 1 is 0.548 bits per heavy atom. The average Bonchev–Trinajstić information content (AvgIpc) is 3.78. The Morgan fingerprint density at radius 2 is 0.952 bits per heavy atom. The van der Waals surface area contributed by atoms with Gasteiger partial charge in [0.15, 0.2) is 11.6 Å². The highest BCUT2D eigenvalue weighted by atomic mass is 16.5. The summed E-state index contributed by atoms with van der Waals surface area (Å²) in [6.45, 7) is 8.66. The van der Waals surface area contributed by atoms with Gasteiger partial charge in [-0.25, -0.2) is 9.36 Å². The van der Waals surface area contributed by atoms with Crippen molar-refractivity contribution in [3.05, 3.63) is 60.7 Å². The van der Waals surface area contributed by atoms with Crippen molar-refractivity contribution in [1.82, 2.24) is 39.3 Å². The van der Waals surface area contributed by atoms with E-state index in [2.05, 4.69) is 30.0 Å². The number of rotatable bonds is 2. The molecule has 42 heavy (non-hydrogen) atoms. The Morgan fingerprint density at radius 3 is 1.29 bits per heavy atom. The van der Waals surface area contributed by atoms with E-state index >= 15 is 0 Å². The fraction of sp³-hybridized carbons (Fsp3) is 0.500. The average molecular weight is 565 g/mol. The molecule has 0 saturated carbocycles. The van der Waals surface area contributed by atoms with E-state index in [0.29, 0.717) is 23.9 Å². The second kappa shape index (κ2) is 9.37. The number of ether oxygens (including phenoxy) is 2. The van der Waals surface area contributed by atoms with Gasteiger partial charge < -0.3 is 9.47 Å². The molecule has 6 saturated heterocycles. The number of hydrogen-bond donors (Lipinski definition) is 0. The van der Waals surface area contributed by atoms with Gasteiger partial charge in [-0.2, -0.15) is 9.97 Å². The summed E-state index contributed by atoms with van der Waals surface area (Å²) in [6.07, 6.45) is 4.99. The number of aromatic nitrogens is 6. The zero-order valence-corrected chi connectivity index (χ0v) is 23.8. The maximum absolute atomic E-state index is 6.32. The van der Waals surface area contributed by atoms with Crippen molar-refractivity contribution >= 4 is 0 Å². The molecule has 4 bridgehead atoms. The van der Waals surface area contributed by atoms with Crippen molar-refractivity contribution in [2.75, 3.05) is 39.3 Å². The predicted octanol–water partition coefficient (Wildman–Crippen LogP) is 3.60. The molecule has 10 nitrogen and oxygen atoms in total. The van der Waals surface area contributed by atoms with E-state index in [4.69, 9.17) is 9.47 Å². The van der Waals surface area contributed by atoms with Crippen LogP contribution in [0.5, 0.6) is 12.0 Å². The largest absolute Gasteiger partial charge is 0.453 e. The second-order valence-electron chi connectivity index (χ2n) is 12.9. The van der Waals surface area contributed by atoms with E-state index < -0.39 is 0 Å². The molecule has 2 atom stereocenters. The number of benzene rings is 2. The van der Waals surface area contributed by atoms with Gasteiger partial charge in [-0.3, -0.25) is 9.80 Å². The van der Waals surface area contributed by atoms with Crippen LogP contribution in [-0.4, -0.2) is 89.8 Å². The Labute approximate surface area is 245 Å². The first-order valence-corrected chi connectivity index (χ1v) is 15.5. The van der Waals surface area contributed by atoms with Crippen LogP contribution >= 0.6 is 0 Å². The number of fused-ring (bicyclic) bond motifs is 6. The first kappa shape index (κ1) is 24.8. The molecule has 0 N–H and O–H groups in total.